The second-order valence-corrected chi connectivity index (χ2v) is 7.03. The van der Waals surface area contributed by atoms with Gasteiger partial charge in [-0.25, -0.2) is 0 Å². The van der Waals surface area contributed by atoms with Gasteiger partial charge in [-0.2, -0.15) is 0 Å². The summed E-state index contributed by atoms with van der Waals surface area (Å²) in [7, 11) is 0. The van der Waals surface area contributed by atoms with E-state index < -0.39 is 0 Å². The molecule has 0 atom stereocenters. The summed E-state index contributed by atoms with van der Waals surface area (Å²) in [6, 6.07) is 15.1. The van der Waals surface area contributed by atoms with E-state index in [1.165, 1.54) is 12.5 Å². The van der Waals surface area contributed by atoms with Gasteiger partial charge in [0.2, 0.25) is 5.91 Å². The summed E-state index contributed by atoms with van der Waals surface area (Å²) in [6.07, 6.45) is 2.55. The van der Waals surface area contributed by atoms with Crippen molar-refractivity contribution in [3.8, 4) is 0 Å². The third-order valence-corrected chi connectivity index (χ3v) is 4.16. The molecule has 0 radical (unpaired) electrons. The van der Waals surface area contributed by atoms with E-state index in [4.69, 9.17) is 0 Å². The fraction of sp³-hybridized carbons (Fsp3) is 0.238. The van der Waals surface area contributed by atoms with Crippen molar-refractivity contribution in [3.05, 3.63) is 71.3 Å². The number of nitrogens with one attached hydrogen (secondary N) is 2. The van der Waals surface area contributed by atoms with Crippen LogP contribution in [0.3, 0.4) is 0 Å². The maximum Gasteiger partial charge on any atom is 0.221 e. The van der Waals surface area contributed by atoms with Gasteiger partial charge < -0.3 is 10.6 Å². The van der Waals surface area contributed by atoms with Crippen molar-refractivity contribution in [3.63, 3.8) is 0 Å². The molecule has 2 aromatic carbocycles. The Hall–Kier alpha value is -2.88. The minimum atomic E-state index is -0.160. The third kappa shape index (κ3) is 3.97. The van der Waals surface area contributed by atoms with Crippen LogP contribution in [-0.2, 0) is 11.2 Å². The van der Waals surface area contributed by atoms with Gasteiger partial charge in [-0.05, 0) is 38.0 Å². The summed E-state index contributed by atoms with van der Waals surface area (Å²) in [4.78, 5) is 23.9. The Morgan fingerprint density at radius 3 is 2.64 bits per heavy atom. The fourth-order valence-corrected chi connectivity index (χ4v) is 3.17. The topological polar surface area (TPSA) is 58.2 Å². The van der Waals surface area contributed by atoms with Gasteiger partial charge in [-0.15, -0.1) is 0 Å². The van der Waals surface area contributed by atoms with E-state index in [2.05, 4.69) is 30.5 Å². The maximum absolute atomic E-state index is 12.7. The number of carbonyl (C=O) groups excluding carboxylic acids is 2. The predicted octanol–water partition coefficient (Wildman–Crippen LogP) is 3.79. The molecule has 4 nitrogen and oxygen atoms in total. The van der Waals surface area contributed by atoms with Crippen LogP contribution in [0.25, 0.3) is 5.70 Å². The van der Waals surface area contributed by atoms with Gasteiger partial charge in [0.05, 0.1) is 0 Å². The average molecular weight is 334 g/mol. The summed E-state index contributed by atoms with van der Waals surface area (Å²) in [5.74, 6) is -0.255. The van der Waals surface area contributed by atoms with Crippen molar-refractivity contribution in [2.45, 2.75) is 32.7 Å². The number of carbonyl (C=O) groups is 2. The van der Waals surface area contributed by atoms with Gasteiger partial charge in [0, 0.05) is 41.1 Å². The molecular weight excluding hydrogens is 312 g/mol. The van der Waals surface area contributed by atoms with E-state index in [1.54, 1.807) is 30.3 Å². The van der Waals surface area contributed by atoms with Crippen LogP contribution in [0, 0.1) is 0 Å². The molecular formula is C21H22N2O2. The number of anilines is 1. The molecule has 0 fully saturated rings. The first-order chi connectivity index (χ1) is 11.8. The molecule has 1 aliphatic heterocycles. The number of hydrogen-bond acceptors (Lipinski definition) is 3. The lowest BCUT2D eigenvalue weighted by Gasteiger charge is -2.35. The normalized spacial score (nSPS) is 16.7. The zero-order valence-electron chi connectivity index (χ0n) is 14.7. The Labute approximate surface area is 148 Å². The zero-order chi connectivity index (χ0) is 18.0. The molecule has 4 heteroatoms. The first-order valence-corrected chi connectivity index (χ1v) is 8.34. The number of amides is 1. The molecule has 128 valence electrons. The number of fused-ring (bicyclic) bond motifs is 1. The highest BCUT2D eigenvalue weighted by atomic mass is 16.1. The highest BCUT2D eigenvalue weighted by molar-refractivity contribution is 6.09. The molecule has 0 saturated carbocycles. The molecule has 2 aromatic rings. The summed E-state index contributed by atoms with van der Waals surface area (Å²) in [6.45, 7) is 5.69. The highest BCUT2D eigenvalue weighted by Gasteiger charge is 2.27. The molecule has 3 rings (SSSR count). The van der Waals surface area contributed by atoms with Crippen molar-refractivity contribution in [2.24, 2.45) is 0 Å². The first kappa shape index (κ1) is 17.0. The third-order valence-electron chi connectivity index (χ3n) is 4.16. The lowest BCUT2D eigenvalue weighted by atomic mass is 9.85. The van der Waals surface area contributed by atoms with E-state index in [-0.39, 0.29) is 17.2 Å². The van der Waals surface area contributed by atoms with E-state index in [9.17, 15) is 9.59 Å². The van der Waals surface area contributed by atoms with E-state index in [1.807, 2.05) is 18.2 Å². The van der Waals surface area contributed by atoms with Gasteiger partial charge >= 0.3 is 0 Å². The molecule has 0 aromatic heterocycles. The monoisotopic (exact) mass is 334 g/mol. The lowest BCUT2D eigenvalue weighted by molar-refractivity contribution is -0.114. The molecule has 0 bridgehead atoms. The Balaban J connectivity index is 1.95. The van der Waals surface area contributed by atoms with Crippen LogP contribution in [0.15, 0.2) is 54.6 Å². The van der Waals surface area contributed by atoms with Crippen LogP contribution < -0.4 is 10.6 Å². The highest BCUT2D eigenvalue weighted by Crippen LogP contribution is 2.29. The molecule has 1 heterocycles. The molecule has 0 aliphatic carbocycles. The number of allylic oxidation sites excluding steroid dienone is 1. The predicted molar refractivity (Wildman–Crippen MR) is 100 cm³/mol. The molecule has 0 saturated heterocycles. The number of hydrogen-bond donors (Lipinski definition) is 2. The molecule has 2 N–H and O–H groups in total. The van der Waals surface area contributed by atoms with Crippen LogP contribution in [0.5, 0.6) is 0 Å². The SMILES string of the molecule is CC(=O)Nc1cccc(C(=O)C=C2NC(C)(C)Cc3ccccc32)c1. The Bertz CT molecular complexity index is 866. The van der Waals surface area contributed by atoms with Crippen LogP contribution in [0.4, 0.5) is 5.69 Å². The van der Waals surface area contributed by atoms with Crippen LogP contribution in [0.2, 0.25) is 0 Å². The van der Waals surface area contributed by atoms with Crippen molar-refractivity contribution in [1.29, 1.82) is 0 Å². The Kier molecular flexibility index (Phi) is 4.45. The molecule has 0 unspecified atom stereocenters. The summed E-state index contributed by atoms with van der Waals surface area (Å²) in [5, 5.41) is 6.17. The Morgan fingerprint density at radius 2 is 1.88 bits per heavy atom. The quantitative estimate of drug-likeness (QED) is 0.663. The van der Waals surface area contributed by atoms with Crippen molar-refractivity contribution in [2.75, 3.05) is 5.32 Å². The largest absolute Gasteiger partial charge is 0.379 e. The van der Waals surface area contributed by atoms with Gasteiger partial charge in [-0.3, -0.25) is 9.59 Å². The van der Waals surface area contributed by atoms with Gasteiger partial charge in [0.1, 0.15) is 0 Å². The zero-order valence-corrected chi connectivity index (χ0v) is 14.7. The maximum atomic E-state index is 12.7. The molecule has 25 heavy (non-hydrogen) atoms. The van der Waals surface area contributed by atoms with Crippen LogP contribution in [0.1, 0.15) is 42.3 Å². The number of ketones is 1. The van der Waals surface area contributed by atoms with Crippen molar-refractivity contribution in [1.82, 2.24) is 5.32 Å². The van der Waals surface area contributed by atoms with Crippen molar-refractivity contribution < 1.29 is 9.59 Å². The van der Waals surface area contributed by atoms with E-state index >= 15 is 0 Å². The van der Waals surface area contributed by atoms with Gasteiger partial charge in [-0.1, -0.05) is 36.4 Å². The van der Waals surface area contributed by atoms with Crippen LogP contribution >= 0.6 is 0 Å². The fourth-order valence-electron chi connectivity index (χ4n) is 3.17. The van der Waals surface area contributed by atoms with Gasteiger partial charge in [0.15, 0.2) is 5.78 Å². The average Bonchev–Trinajstić information content (AvgIpc) is 2.53. The molecule has 1 amide bonds. The summed E-state index contributed by atoms with van der Waals surface area (Å²) < 4.78 is 0. The van der Waals surface area contributed by atoms with Crippen LogP contribution in [-0.4, -0.2) is 17.2 Å². The van der Waals surface area contributed by atoms with Gasteiger partial charge in [0.25, 0.3) is 0 Å². The minimum Gasteiger partial charge on any atom is -0.379 e. The van der Waals surface area contributed by atoms with E-state index in [0.29, 0.717) is 11.3 Å². The lowest BCUT2D eigenvalue weighted by Crippen LogP contribution is -2.43. The first-order valence-electron chi connectivity index (χ1n) is 8.34. The molecule has 1 aliphatic rings. The van der Waals surface area contributed by atoms with E-state index in [0.717, 1.165) is 17.7 Å². The minimum absolute atomic E-state index is 0.0952. The van der Waals surface area contributed by atoms with Crippen molar-refractivity contribution >= 4 is 23.1 Å². The number of benzene rings is 2. The summed E-state index contributed by atoms with van der Waals surface area (Å²) in [5.41, 5.74) is 4.18. The summed E-state index contributed by atoms with van der Waals surface area (Å²) >= 11 is 0. The smallest absolute Gasteiger partial charge is 0.221 e. The second-order valence-electron chi connectivity index (χ2n) is 7.03. The Morgan fingerprint density at radius 1 is 1.12 bits per heavy atom. The second kappa shape index (κ2) is 6.55. The standard InChI is InChI=1S/C21H22N2O2/c1-14(24)22-17-9-6-8-15(11-17)20(25)12-19-18-10-5-4-7-16(18)13-21(2,3)23-19/h4-12,23H,13H2,1-3H3,(H,22,24). The molecule has 0 spiro atoms. The number of rotatable bonds is 3.